The summed E-state index contributed by atoms with van der Waals surface area (Å²) >= 11 is 0. The second-order valence-electron chi connectivity index (χ2n) is 5.65. The molecular weight excluding hydrogens is 331 g/mol. The van der Waals surface area contributed by atoms with E-state index in [0.717, 1.165) is 17.7 Å². The molecule has 1 heterocycles. The highest BCUT2D eigenvalue weighted by atomic mass is 19.4. The lowest BCUT2D eigenvalue weighted by Crippen LogP contribution is -2.12. The van der Waals surface area contributed by atoms with E-state index in [1.165, 1.54) is 6.07 Å². The molecule has 2 aromatic carbocycles. The van der Waals surface area contributed by atoms with Gasteiger partial charge < -0.3 is 10.3 Å². The SMILES string of the molecule is CCc1nc2ccc(CNc3cccc(C(F)(F)F)c3)cc2c(=O)[nH]1. The number of hydrogen-bond acceptors (Lipinski definition) is 3. The minimum Gasteiger partial charge on any atom is -0.381 e. The van der Waals surface area contributed by atoms with E-state index in [0.29, 0.717) is 35.4 Å². The van der Waals surface area contributed by atoms with E-state index in [-0.39, 0.29) is 5.56 Å². The molecule has 7 heteroatoms. The van der Waals surface area contributed by atoms with Crippen molar-refractivity contribution in [2.75, 3.05) is 5.32 Å². The number of hydrogen-bond donors (Lipinski definition) is 2. The van der Waals surface area contributed by atoms with Crippen molar-refractivity contribution in [1.82, 2.24) is 9.97 Å². The fraction of sp³-hybridized carbons (Fsp3) is 0.222. The van der Waals surface area contributed by atoms with Crippen LogP contribution in [0.1, 0.15) is 23.9 Å². The van der Waals surface area contributed by atoms with Crippen LogP contribution in [0, 0.1) is 0 Å². The zero-order chi connectivity index (χ0) is 18.0. The van der Waals surface area contributed by atoms with E-state index in [1.54, 1.807) is 24.3 Å². The van der Waals surface area contributed by atoms with Crippen molar-refractivity contribution in [3.63, 3.8) is 0 Å². The highest BCUT2D eigenvalue weighted by molar-refractivity contribution is 5.78. The van der Waals surface area contributed by atoms with Crippen LogP contribution < -0.4 is 10.9 Å². The van der Waals surface area contributed by atoms with Gasteiger partial charge in [-0.25, -0.2) is 4.98 Å². The van der Waals surface area contributed by atoms with Gasteiger partial charge in [-0.15, -0.1) is 0 Å². The Morgan fingerprint density at radius 3 is 2.68 bits per heavy atom. The lowest BCUT2D eigenvalue weighted by atomic mass is 10.1. The normalized spacial score (nSPS) is 11.7. The molecule has 0 aliphatic rings. The zero-order valence-electron chi connectivity index (χ0n) is 13.4. The molecule has 130 valence electrons. The average Bonchev–Trinajstić information content (AvgIpc) is 2.59. The molecule has 0 spiro atoms. The van der Waals surface area contributed by atoms with Gasteiger partial charge in [-0.2, -0.15) is 13.2 Å². The number of fused-ring (bicyclic) bond motifs is 1. The Bertz CT molecular complexity index is 964. The van der Waals surface area contributed by atoms with Crippen LogP contribution in [0.4, 0.5) is 18.9 Å². The Morgan fingerprint density at radius 2 is 1.96 bits per heavy atom. The number of aryl methyl sites for hydroxylation is 1. The van der Waals surface area contributed by atoms with Gasteiger partial charge in [-0.3, -0.25) is 4.79 Å². The highest BCUT2D eigenvalue weighted by Gasteiger charge is 2.30. The van der Waals surface area contributed by atoms with Crippen molar-refractivity contribution in [3.8, 4) is 0 Å². The van der Waals surface area contributed by atoms with Crippen LogP contribution in [0.5, 0.6) is 0 Å². The van der Waals surface area contributed by atoms with Crippen LogP contribution in [-0.4, -0.2) is 9.97 Å². The molecular formula is C18H16F3N3O. The van der Waals surface area contributed by atoms with E-state index in [1.807, 2.05) is 6.92 Å². The fourth-order valence-corrected chi connectivity index (χ4v) is 2.52. The Hall–Kier alpha value is -2.83. The maximum absolute atomic E-state index is 12.7. The molecule has 0 fully saturated rings. The first-order valence-corrected chi connectivity index (χ1v) is 7.80. The van der Waals surface area contributed by atoms with Gasteiger partial charge in [0.05, 0.1) is 16.5 Å². The quantitative estimate of drug-likeness (QED) is 0.746. The van der Waals surface area contributed by atoms with Gasteiger partial charge >= 0.3 is 6.18 Å². The molecule has 3 aromatic rings. The minimum absolute atomic E-state index is 0.220. The zero-order valence-corrected chi connectivity index (χ0v) is 13.4. The lowest BCUT2D eigenvalue weighted by Gasteiger charge is -2.11. The first-order valence-electron chi connectivity index (χ1n) is 7.80. The summed E-state index contributed by atoms with van der Waals surface area (Å²) in [6, 6.07) is 10.2. The molecule has 0 atom stereocenters. The van der Waals surface area contributed by atoms with Crippen molar-refractivity contribution < 1.29 is 13.2 Å². The summed E-state index contributed by atoms with van der Waals surface area (Å²) in [5.74, 6) is 0.618. The standard InChI is InChI=1S/C18H16F3N3O/c1-2-16-23-15-7-6-11(8-14(15)17(25)24-16)10-22-13-5-3-4-12(9-13)18(19,20)21/h3-9,22H,2,10H2,1H3,(H,23,24,25). The second-order valence-corrected chi connectivity index (χ2v) is 5.65. The molecule has 25 heavy (non-hydrogen) atoms. The number of nitrogens with zero attached hydrogens (tertiary/aromatic N) is 1. The van der Waals surface area contributed by atoms with Gasteiger partial charge in [-0.1, -0.05) is 19.1 Å². The predicted molar refractivity (Wildman–Crippen MR) is 90.5 cm³/mol. The maximum Gasteiger partial charge on any atom is 0.416 e. The summed E-state index contributed by atoms with van der Waals surface area (Å²) in [7, 11) is 0. The second kappa shape index (κ2) is 6.58. The Kier molecular flexibility index (Phi) is 4.48. The van der Waals surface area contributed by atoms with Crippen LogP contribution in [0.2, 0.25) is 0 Å². The number of H-pyrrole nitrogens is 1. The van der Waals surface area contributed by atoms with E-state index in [2.05, 4.69) is 15.3 Å². The molecule has 4 nitrogen and oxygen atoms in total. The van der Waals surface area contributed by atoms with Crippen molar-refractivity contribution in [2.24, 2.45) is 0 Å². The monoisotopic (exact) mass is 347 g/mol. The van der Waals surface area contributed by atoms with E-state index < -0.39 is 11.7 Å². The molecule has 0 amide bonds. The van der Waals surface area contributed by atoms with Gasteiger partial charge in [-0.05, 0) is 35.9 Å². The van der Waals surface area contributed by atoms with Gasteiger partial charge in [0.1, 0.15) is 5.82 Å². The molecule has 0 aliphatic carbocycles. The first-order chi connectivity index (χ1) is 11.9. The van der Waals surface area contributed by atoms with Gasteiger partial charge in [0.2, 0.25) is 0 Å². The number of aromatic nitrogens is 2. The van der Waals surface area contributed by atoms with E-state index in [4.69, 9.17) is 0 Å². The summed E-state index contributed by atoms with van der Waals surface area (Å²) in [6.45, 7) is 2.20. The molecule has 0 saturated heterocycles. The number of rotatable bonds is 4. The number of alkyl halides is 3. The van der Waals surface area contributed by atoms with Crippen molar-refractivity contribution in [1.29, 1.82) is 0 Å². The third-order valence-corrected chi connectivity index (χ3v) is 3.84. The summed E-state index contributed by atoms with van der Waals surface area (Å²) in [5.41, 5.74) is 0.819. The molecule has 0 unspecified atom stereocenters. The van der Waals surface area contributed by atoms with Crippen LogP contribution in [0.3, 0.4) is 0 Å². The average molecular weight is 347 g/mol. The number of halogens is 3. The molecule has 0 radical (unpaired) electrons. The number of aromatic amines is 1. The maximum atomic E-state index is 12.7. The molecule has 3 rings (SSSR count). The third kappa shape index (κ3) is 3.81. The fourth-order valence-electron chi connectivity index (χ4n) is 2.52. The lowest BCUT2D eigenvalue weighted by molar-refractivity contribution is -0.137. The summed E-state index contributed by atoms with van der Waals surface area (Å²) in [6.07, 6.45) is -3.75. The Balaban J connectivity index is 1.82. The van der Waals surface area contributed by atoms with E-state index in [9.17, 15) is 18.0 Å². The molecule has 0 bridgehead atoms. The largest absolute Gasteiger partial charge is 0.416 e. The number of anilines is 1. The van der Waals surface area contributed by atoms with Crippen molar-refractivity contribution in [2.45, 2.75) is 26.1 Å². The summed E-state index contributed by atoms with van der Waals surface area (Å²) in [5, 5.41) is 3.41. The summed E-state index contributed by atoms with van der Waals surface area (Å²) in [4.78, 5) is 19.2. The van der Waals surface area contributed by atoms with Gasteiger partial charge in [0.25, 0.3) is 5.56 Å². The Labute approximate surface area is 141 Å². The van der Waals surface area contributed by atoms with Crippen LogP contribution in [0.15, 0.2) is 47.3 Å². The van der Waals surface area contributed by atoms with Crippen LogP contribution in [0.25, 0.3) is 10.9 Å². The number of benzene rings is 2. The minimum atomic E-state index is -4.38. The molecule has 0 saturated carbocycles. The van der Waals surface area contributed by atoms with Crippen molar-refractivity contribution >= 4 is 16.6 Å². The topological polar surface area (TPSA) is 57.8 Å². The van der Waals surface area contributed by atoms with Crippen LogP contribution in [-0.2, 0) is 19.1 Å². The van der Waals surface area contributed by atoms with Gasteiger partial charge in [0.15, 0.2) is 0 Å². The van der Waals surface area contributed by atoms with Crippen molar-refractivity contribution in [3.05, 3.63) is 69.8 Å². The molecule has 0 aliphatic heterocycles. The van der Waals surface area contributed by atoms with Crippen LogP contribution >= 0.6 is 0 Å². The summed E-state index contributed by atoms with van der Waals surface area (Å²) < 4.78 is 38.2. The first kappa shape index (κ1) is 17.0. The number of nitrogens with one attached hydrogen (secondary N) is 2. The van der Waals surface area contributed by atoms with Gasteiger partial charge in [0, 0.05) is 18.7 Å². The smallest absolute Gasteiger partial charge is 0.381 e. The van der Waals surface area contributed by atoms with E-state index >= 15 is 0 Å². The molecule has 1 aromatic heterocycles. The Morgan fingerprint density at radius 1 is 1.16 bits per heavy atom. The molecule has 2 N–H and O–H groups in total. The third-order valence-electron chi connectivity index (χ3n) is 3.84. The highest BCUT2D eigenvalue weighted by Crippen LogP contribution is 2.30. The predicted octanol–water partition coefficient (Wildman–Crippen LogP) is 4.12.